The largest absolute Gasteiger partial charge is 0.384 e. The first-order valence-electron chi connectivity index (χ1n) is 4.87. The van der Waals surface area contributed by atoms with Gasteiger partial charge in [-0.05, 0) is 11.4 Å². The van der Waals surface area contributed by atoms with Crippen LogP contribution >= 0.6 is 23.1 Å². The third-order valence-electron chi connectivity index (χ3n) is 2.06. The number of nitrogen functional groups attached to an aromatic ring is 1. The summed E-state index contributed by atoms with van der Waals surface area (Å²) in [5.74, 6) is 3.10. The van der Waals surface area contributed by atoms with Crippen molar-refractivity contribution in [1.29, 1.82) is 0 Å². The average molecular weight is 255 g/mol. The number of nitrogens with two attached hydrogens (primary N) is 1. The second-order valence-corrected chi connectivity index (χ2v) is 5.21. The number of hydrogen-bond acceptors (Lipinski definition) is 6. The van der Waals surface area contributed by atoms with Crippen molar-refractivity contribution in [2.75, 3.05) is 25.2 Å². The van der Waals surface area contributed by atoms with Crippen LogP contribution < -0.4 is 5.73 Å². The van der Waals surface area contributed by atoms with Gasteiger partial charge in [0.1, 0.15) is 16.5 Å². The Labute approximate surface area is 102 Å². The molecule has 0 spiro atoms. The predicted molar refractivity (Wildman–Crippen MR) is 69.9 cm³/mol. The number of nitrogens with zero attached hydrogens (tertiary/aromatic N) is 2. The number of thiophene rings is 1. The van der Waals surface area contributed by atoms with Gasteiger partial charge in [-0.1, -0.05) is 0 Å². The molecule has 2 aromatic rings. The second-order valence-electron chi connectivity index (χ2n) is 3.21. The molecule has 0 radical (unpaired) electrons. The van der Waals surface area contributed by atoms with Crippen LogP contribution in [0.2, 0.25) is 0 Å². The van der Waals surface area contributed by atoms with Gasteiger partial charge in [-0.15, -0.1) is 11.3 Å². The van der Waals surface area contributed by atoms with Crippen LogP contribution in [-0.2, 0) is 10.5 Å². The summed E-state index contributed by atoms with van der Waals surface area (Å²) in [7, 11) is 1.70. The maximum Gasteiger partial charge on any atom is 0.142 e. The van der Waals surface area contributed by atoms with Crippen molar-refractivity contribution in [1.82, 2.24) is 9.97 Å². The molecule has 0 bridgehead atoms. The van der Waals surface area contributed by atoms with Gasteiger partial charge in [0, 0.05) is 12.9 Å². The van der Waals surface area contributed by atoms with Crippen molar-refractivity contribution >= 4 is 39.1 Å². The molecule has 0 aliphatic heterocycles. The van der Waals surface area contributed by atoms with Gasteiger partial charge in [0.15, 0.2) is 0 Å². The number of rotatable bonds is 5. The van der Waals surface area contributed by atoms with Gasteiger partial charge in [-0.25, -0.2) is 9.97 Å². The summed E-state index contributed by atoms with van der Waals surface area (Å²) in [6.45, 7) is 0.751. The molecular formula is C10H13N3OS2. The molecule has 16 heavy (non-hydrogen) atoms. The van der Waals surface area contributed by atoms with Crippen molar-refractivity contribution in [3.8, 4) is 0 Å². The van der Waals surface area contributed by atoms with E-state index in [1.54, 1.807) is 30.2 Å². The molecule has 4 nitrogen and oxygen atoms in total. The molecule has 6 heteroatoms. The lowest BCUT2D eigenvalue weighted by Crippen LogP contribution is -1.99. The quantitative estimate of drug-likeness (QED) is 0.830. The molecule has 0 aromatic carbocycles. The maximum atomic E-state index is 5.85. The summed E-state index contributed by atoms with van der Waals surface area (Å²) < 4.78 is 4.98. The van der Waals surface area contributed by atoms with Crippen LogP contribution in [0.25, 0.3) is 10.2 Å². The molecule has 0 unspecified atom stereocenters. The summed E-state index contributed by atoms with van der Waals surface area (Å²) in [5, 5.41) is 2.94. The summed E-state index contributed by atoms with van der Waals surface area (Å²) >= 11 is 3.34. The molecule has 0 aliphatic carbocycles. The van der Waals surface area contributed by atoms with E-state index in [0.29, 0.717) is 5.82 Å². The molecular weight excluding hydrogens is 242 g/mol. The van der Waals surface area contributed by atoms with E-state index in [1.807, 2.05) is 11.4 Å². The topological polar surface area (TPSA) is 61.0 Å². The van der Waals surface area contributed by atoms with Gasteiger partial charge < -0.3 is 10.5 Å². The number of methoxy groups -OCH3 is 1. The standard InChI is InChI=1S/C10H13N3OS2/c1-14-3-5-15-6-8-12-9(11)7-2-4-16-10(7)13-8/h2,4H,3,5-6H2,1H3,(H2,11,12,13). The lowest BCUT2D eigenvalue weighted by Gasteiger charge is -2.02. The van der Waals surface area contributed by atoms with Crippen molar-refractivity contribution in [2.24, 2.45) is 0 Å². The highest BCUT2D eigenvalue weighted by Crippen LogP contribution is 2.23. The molecule has 2 rings (SSSR count). The molecule has 2 N–H and O–H groups in total. The van der Waals surface area contributed by atoms with Gasteiger partial charge >= 0.3 is 0 Å². The van der Waals surface area contributed by atoms with E-state index in [2.05, 4.69) is 9.97 Å². The highest BCUT2D eigenvalue weighted by atomic mass is 32.2. The third-order valence-corrected chi connectivity index (χ3v) is 3.79. The molecule has 0 saturated heterocycles. The predicted octanol–water partition coefficient (Wildman–Crippen LogP) is 2.15. The highest BCUT2D eigenvalue weighted by Gasteiger charge is 2.05. The Kier molecular flexibility index (Phi) is 3.98. The minimum absolute atomic E-state index is 0.577. The second kappa shape index (κ2) is 5.47. The lowest BCUT2D eigenvalue weighted by molar-refractivity contribution is 0.218. The summed E-state index contributed by atoms with van der Waals surface area (Å²) in [6.07, 6.45) is 0. The Morgan fingerprint density at radius 2 is 2.38 bits per heavy atom. The first-order valence-corrected chi connectivity index (χ1v) is 6.91. The van der Waals surface area contributed by atoms with E-state index in [0.717, 1.165) is 34.2 Å². The zero-order chi connectivity index (χ0) is 11.4. The number of hydrogen-bond donors (Lipinski definition) is 1. The van der Waals surface area contributed by atoms with E-state index < -0.39 is 0 Å². The van der Waals surface area contributed by atoms with Gasteiger partial charge in [0.05, 0.1) is 17.7 Å². The summed E-state index contributed by atoms with van der Waals surface area (Å²) in [5.41, 5.74) is 5.85. The van der Waals surface area contributed by atoms with Crippen molar-refractivity contribution in [2.45, 2.75) is 5.75 Å². The van der Waals surface area contributed by atoms with E-state index >= 15 is 0 Å². The Morgan fingerprint density at radius 1 is 1.50 bits per heavy atom. The monoisotopic (exact) mass is 255 g/mol. The average Bonchev–Trinajstić information content (AvgIpc) is 2.73. The Balaban J connectivity index is 2.06. The van der Waals surface area contributed by atoms with Crippen LogP contribution in [0.4, 0.5) is 5.82 Å². The zero-order valence-corrected chi connectivity index (χ0v) is 10.6. The van der Waals surface area contributed by atoms with Crippen LogP contribution in [-0.4, -0.2) is 29.4 Å². The van der Waals surface area contributed by atoms with Crippen molar-refractivity contribution < 1.29 is 4.74 Å². The Hall–Kier alpha value is -0.850. The minimum Gasteiger partial charge on any atom is -0.384 e. The van der Waals surface area contributed by atoms with E-state index in [9.17, 15) is 0 Å². The third kappa shape index (κ3) is 2.63. The van der Waals surface area contributed by atoms with E-state index in [4.69, 9.17) is 10.5 Å². The van der Waals surface area contributed by atoms with Crippen LogP contribution in [0.5, 0.6) is 0 Å². The molecule has 0 atom stereocenters. The van der Waals surface area contributed by atoms with Crippen molar-refractivity contribution in [3.05, 3.63) is 17.3 Å². The van der Waals surface area contributed by atoms with Crippen LogP contribution in [0.15, 0.2) is 11.4 Å². The first-order chi connectivity index (χ1) is 7.81. The fraction of sp³-hybridized carbons (Fsp3) is 0.400. The Bertz CT molecular complexity index is 472. The highest BCUT2D eigenvalue weighted by molar-refractivity contribution is 7.98. The number of ether oxygens (including phenoxy) is 1. The van der Waals surface area contributed by atoms with Gasteiger partial charge in [-0.2, -0.15) is 11.8 Å². The number of fused-ring (bicyclic) bond motifs is 1. The number of aromatic nitrogens is 2. The van der Waals surface area contributed by atoms with Gasteiger partial charge in [-0.3, -0.25) is 0 Å². The van der Waals surface area contributed by atoms with Gasteiger partial charge in [0.25, 0.3) is 0 Å². The molecule has 0 fully saturated rings. The van der Waals surface area contributed by atoms with Crippen molar-refractivity contribution in [3.63, 3.8) is 0 Å². The number of anilines is 1. The normalized spacial score (nSPS) is 11.1. The molecule has 0 saturated carbocycles. The lowest BCUT2D eigenvalue weighted by atomic mass is 10.4. The smallest absolute Gasteiger partial charge is 0.142 e. The molecule has 0 amide bonds. The maximum absolute atomic E-state index is 5.85. The minimum atomic E-state index is 0.577. The Morgan fingerprint density at radius 3 is 3.19 bits per heavy atom. The molecule has 86 valence electrons. The fourth-order valence-electron chi connectivity index (χ4n) is 1.29. The zero-order valence-electron chi connectivity index (χ0n) is 8.97. The van der Waals surface area contributed by atoms with Crippen LogP contribution in [0.1, 0.15) is 5.82 Å². The van der Waals surface area contributed by atoms with Gasteiger partial charge in [0.2, 0.25) is 0 Å². The first kappa shape index (κ1) is 11.6. The SMILES string of the molecule is COCCSCc1nc(N)c2ccsc2n1. The fourth-order valence-corrected chi connectivity index (χ4v) is 2.83. The number of thioether (sulfide) groups is 1. The summed E-state index contributed by atoms with van der Waals surface area (Å²) in [4.78, 5) is 9.71. The molecule has 2 aromatic heterocycles. The molecule has 2 heterocycles. The van der Waals surface area contributed by atoms with Crippen LogP contribution in [0.3, 0.4) is 0 Å². The van der Waals surface area contributed by atoms with Crippen LogP contribution in [0, 0.1) is 0 Å². The van der Waals surface area contributed by atoms with E-state index in [1.165, 1.54) is 0 Å². The molecule has 0 aliphatic rings. The van der Waals surface area contributed by atoms with E-state index in [-0.39, 0.29) is 0 Å². The summed E-state index contributed by atoms with van der Waals surface area (Å²) in [6, 6.07) is 1.96.